The summed E-state index contributed by atoms with van der Waals surface area (Å²) in [7, 11) is 1.85. The van der Waals surface area contributed by atoms with E-state index in [0.29, 0.717) is 12.1 Å². The Labute approximate surface area is 148 Å². The summed E-state index contributed by atoms with van der Waals surface area (Å²) in [6.45, 7) is 2.41. The van der Waals surface area contributed by atoms with Crippen molar-refractivity contribution in [1.82, 2.24) is 20.1 Å². The number of aromatic nitrogens is 3. The lowest BCUT2D eigenvalue weighted by atomic mass is 9.97. The van der Waals surface area contributed by atoms with Gasteiger partial charge in [-0.05, 0) is 25.8 Å². The summed E-state index contributed by atoms with van der Waals surface area (Å²) in [5, 5.41) is 8.36. The van der Waals surface area contributed by atoms with Crippen LogP contribution in [0.4, 0.5) is 0 Å². The number of aryl methyl sites for hydroxylation is 2. The lowest BCUT2D eigenvalue weighted by Crippen LogP contribution is -2.51. The van der Waals surface area contributed by atoms with Crippen LogP contribution in [0.1, 0.15) is 41.7 Å². The molecule has 128 valence electrons. The maximum absolute atomic E-state index is 12.5. The van der Waals surface area contributed by atoms with Crippen molar-refractivity contribution in [2.45, 2.75) is 38.1 Å². The Balaban J connectivity index is 0.00000132. The van der Waals surface area contributed by atoms with Crippen LogP contribution >= 0.6 is 24.8 Å². The number of hydrogen-bond acceptors (Lipinski definition) is 4. The number of nitrogens with zero attached hydrogens (tertiary/aromatic N) is 3. The zero-order chi connectivity index (χ0) is 15.0. The highest BCUT2D eigenvalue weighted by atomic mass is 35.5. The maximum atomic E-state index is 12.5. The standard InChI is InChI=1S/C15H21N5O.2ClH/c1-10-12-7-11(8-17-13(12)20(2)19-10)14(21)18-15(9-16)5-3-4-6-15;;/h7-8H,3-6,9,16H2,1-2H3,(H,18,21);2*1H. The summed E-state index contributed by atoms with van der Waals surface area (Å²) in [5.41, 5.74) is 7.87. The van der Waals surface area contributed by atoms with Crippen molar-refractivity contribution in [3.8, 4) is 0 Å². The Bertz CT molecular complexity index is 694. The van der Waals surface area contributed by atoms with E-state index in [2.05, 4.69) is 15.4 Å². The number of rotatable bonds is 3. The number of pyridine rings is 1. The maximum Gasteiger partial charge on any atom is 0.253 e. The van der Waals surface area contributed by atoms with Crippen LogP contribution in [0.2, 0.25) is 0 Å². The fourth-order valence-corrected chi connectivity index (χ4v) is 3.18. The van der Waals surface area contributed by atoms with E-state index < -0.39 is 0 Å². The Morgan fingerprint density at radius 1 is 1.39 bits per heavy atom. The minimum Gasteiger partial charge on any atom is -0.345 e. The topological polar surface area (TPSA) is 85.8 Å². The van der Waals surface area contributed by atoms with Crippen molar-refractivity contribution >= 4 is 41.8 Å². The van der Waals surface area contributed by atoms with Crippen molar-refractivity contribution < 1.29 is 4.79 Å². The first kappa shape index (κ1) is 19.7. The van der Waals surface area contributed by atoms with Crippen molar-refractivity contribution in [2.24, 2.45) is 12.8 Å². The first-order chi connectivity index (χ1) is 10.0. The molecule has 2 aromatic rings. The Morgan fingerprint density at radius 2 is 2.04 bits per heavy atom. The second kappa shape index (κ2) is 7.47. The predicted octanol–water partition coefficient (Wildman–Crippen LogP) is 2.12. The zero-order valence-corrected chi connectivity index (χ0v) is 15.0. The summed E-state index contributed by atoms with van der Waals surface area (Å²) in [6, 6.07) is 1.86. The molecule has 0 atom stereocenters. The van der Waals surface area contributed by atoms with Gasteiger partial charge in [-0.25, -0.2) is 4.98 Å². The van der Waals surface area contributed by atoms with Crippen LogP contribution in [0.15, 0.2) is 12.3 Å². The second-order valence-corrected chi connectivity index (χ2v) is 5.95. The molecule has 6 nitrogen and oxygen atoms in total. The van der Waals surface area contributed by atoms with Gasteiger partial charge in [0.2, 0.25) is 0 Å². The van der Waals surface area contributed by atoms with Crippen LogP contribution in [0.25, 0.3) is 11.0 Å². The van der Waals surface area contributed by atoms with E-state index in [9.17, 15) is 4.79 Å². The summed E-state index contributed by atoms with van der Waals surface area (Å²) in [6.07, 6.45) is 5.76. The lowest BCUT2D eigenvalue weighted by Gasteiger charge is -2.28. The Hall–Kier alpha value is -1.37. The largest absolute Gasteiger partial charge is 0.345 e. The van der Waals surface area contributed by atoms with Gasteiger partial charge in [-0.1, -0.05) is 12.8 Å². The SMILES string of the molecule is Cc1nn(C)c2ncc(C(=O)NC3(CN)CCCC3)cc12.Cl.Cl. The summed E-state index contributed by atoms with van der Waals surface area (Å²) in [5.74, 6) is -0.0972. The van der Waals surface area contributed by atoms with E-state index in [1.165, 1.54) is 0 Å². The van der Waals surface area contributed by atoms with E-state index in [0.717, 1.165) is 42.4 Å². The van der Waals surface area contributed by atoms with Gasteiger partial charge in [0, 0.05) is 25.2 Å². The third-order valence-corrected chi connectivity index (χ3v) is 4.46. The number of fused-ring (bicyclic) bond motifs is 1. The van der Waals surface area contributed by atoms with E-state index >= 15 is 0 Å². The molecule has 0 aliphatic heterocycles. The van der Waals surface area contributed by atoms with Crippen molar-refractivity contribution in [1.29, 1.82) is 0 Å². The highest BCUT2D eigenvalue weighted by Gasteiger charge is 2.34. The molecule has 0 bridgehead atoms. The number of hydrogen-bond donors (Lipinski definition) is 2. The number of nitrogens with two attached hydrogens (primary N) is 1. The smallest absolute Gasteiger partial charge is 0.253 e. The van der Waals surface area contributed by atoms with Crippen LogP contribution in [0.5, 0.6) is 0 Å². The molecular weight excluding hydrogens is 337 g/mol. The molecule has 3 N–H and O–H groups in total. The number of halogens is 2. The summed E-state index contributed by atoms with van der Waals surface area (Å²) >= 11 is 0. The van der Waals surface area contributed by atoms with Gasteiger partial charge in [-0.3, -0.25) is 9.48 Å². The van der Waals surface area contributed by atoms with Gasteiger partial charge < -0.3 is 11.1 Å². The van der Waals surface area contributed by atoms with Crippen molar-refractivity contribution in [2.75, 3.05) is 6.54 Å². The van der Waals surface area contributed by atoms with Crippen LogP contribution in [-0.2, 0) is 7.05 Å². The van der Waals surface area contributed by atoms with Crippen molar-refractivity contribution in [3.63, 3.8) is 0 Å². The molecule has 1 aliphatic carbocycles. The molecule has 1 amide bonds. The average molecular weight is 360 g/mol. The third kappa shape index (κ3) is 3.59. The number of carbonyl (C=O) groups is 1. The van der Waals surface area contributed by atoms with Crippen molar-refractivity contribution in [3.05, 3.63) is 23.5 Å². The van der Waals surface area contributed by atoms with E-state index in [1.54, 1.807) is 10.9 Å². The van der Waals surface area contributed by atoms with Gasteiger partial charge in [0.25, 0.3) is 5.91 Å². The van der Waals surface area contributed by atoms with Crippen LogP contribution < -0.4 is 11.1 Å². The monoisotopic (exact) mass is 359 g/mol. The first-order valence-electron chi connectivity index (χ1n) is 7.37. The molecule has 0 aromatic carbocycles. The van der Waals surface area contributed by atoms with Gasteiger partial charge in [-0.15, -0.1) is 24.8 Å². The molecule has 0 unspecified atom stereocenters. The summed E-state index contributed by atoms with van der Waals surface area (Å²) in [4.78, 5) is 16.8. The molecule has 3 rings (SSSR count). The van der Waals surface area contributed by atoms with Gasteiger partial charge in [0.15, 0.2) is 5.65 Å². The summed E-state index contributed by atoms with van der Waals surface area (Å²) < 4.78 is 1.73. The van der Waals surface area contributed by atoms with Crippen LogP contribution in [0.3, 0.4) is 0 Å². The molecule has 1 fully saturated rings. The van der Waals surface area contributed by atoms with Crippen LogP contribution in [-0.4, -0.2) is 32.8 Å². The number of nitrogens with one attached hydrogen (secondary N) is 1. The van der Waals surface area contributed by atoms with Gasteiger partial charge in [-0.2, -0.15) is 5.10 Å². The average Bonchev–Trinajstić information content (AvgIpc) is 3.05. The fraction of sp³-hybridized carbons (Fsp3) is 0.533. The molecule has 2 heterocycles. The van der Waals surface area contributed by atoms with E-state index in [1.807, 2.05) is 20.0 Å². The molecule has 0 spiro atoms. The number of carbonyl (C=O) groups excluding carboxylic acids is 1. The molecule has 23 heavy (non-hydrogen) atoms. The van der Waals surface area contributed by atoms with Gasteiger partial charge in [0.1, 0.15) is 0 Å². The van der Waals surface area contributed by atoms with Gasteiger partial charge >= 0.3 is 0 Å². The molecular formula is C15H23Cl2N5O. The predicted molar refractivity (Wildman–Crippen MR) is 95.5 cm³/mol. The molecule has 0 saturated heterocycles. The molecule has 1 aliphatic rings. The molecule has 8 heteroatoms. The van der Waals surface area contributed by atoms with E-state index in [4.69, 9.17) is 5.73 Å². The quantitative estimate of drug-likeness (QED) is 0.878. The third-order valence-electron chi connectivity index (χ3n) is 4.46. The van der Waals surface area contributed by atoms with Crippen LogP contribution in [0, 0.1) is 6.92 Å². The fourth-order valence-electron chi connectivity index (χ4n) is 3.18. The Morgan fingerprint density at radius 3 is 2.65 bits per heavy atom. The van der Waals surface area contributed by atoms with Gasteiger partial charge in [0.05, 0.1) is 16.8 Å². The highest BCUT2D eigenvalue weighted by molar-refractivity contribution is 5.97. The zero-order valence-electron chi connectivity index (χ0n) is 13.3. The highest BCUT2D eigenvalue weighted by Crippen LogP contribution is 2.29. The first-order valence-corrected chi connectivity index (χ1v) is 7.37. The normalized spacial score (nSPS) is 15.8. The lowest BCUT2D eigenvalue weighted by molar-refractivity contribution is 0.0903. The molecule has 1 saturated carbocycles. The minimum absolute atomic E-state index is 0. The molecule has 0 radical (unpaired) electrons. The second-order valence-electron chi connectivity index (χ2n) is 5.95. The van der Waals surface area contributed by atoms with E-state index in [-0.39, 0.29) is 36.3 Å². The minimum atomic E-state index is -0.240. The number of amides is 1. The molecule has 2 aromatic heterocycles. The Kier molecular flexibility index (Phi) is 6.39.